The Balaban J connectivity index is 4.33. The Bertz CT molecular complexity index is 112. The van der Waals surface area contributed by atoms with Gasteiger partial charge in [-0.25, -0.2) is 0 Å². The van der Waals surface area contributed by atoms with E-state index in [2.05, 4.69) is 0 Å². The third-order valence-corrected chi connectivity index (χ3v) is 2.26. The molecule has 0 fully saturated rings. The molecule has 4 nitrogen and oxygen atoms in total. The molecule has 0 rings (SSSR count). The molecule has 0 saturated heterocycles. The van der Waals surface area contributed by atoms with Gasteiger partial charge in [-0.2, -0.15) is 0 Å². The lowest BCUT2D eigenvalue weighted by atomic mass is 9.80. The molecule has 1 unspecified atom stereocenters. The Morgan fingerprint density at radius 1 is 1.17 bits per heavy atom. The van der Waals surface area contributed by atoms with Crippen LogP contribution < -0.4 is 0 Å². The van der Waals surface area contributed by atoms with Crippen LogP contribution in [0.5, 0.6) is 0 Å². The Morgan fingerprint density at radius 2 is 1.67 bits per heavy atom. The summed E-state index contributed by atoms with van der Waals surface area (Å²) in [4.78, 5) is 0. The molecule has 0 aromatic rings. The minimum atomic E-state index is -1.05. The van der Waals surface area contributed by atoms with E-state index in [0.717, 1.165) is 6.42 Å². The summed E-state index contributed by atoms with van der Waals surface area (Å²) >= 11 is 0. The van der Waals surface area contributed by atoms with Gasteiger partial charge in [0.1, 0.15) is 0 Å². The molecule has 0 aromatic heterocycles. The molecule has 0 radical (unpaired) electrons. The van der Waals surface area contributed by atoms with Crippen molar-refractivity contribution in [2.45, 2.75) is 25.9 Å². The van der Waals surface area contributed by atoms with E-state index in [1.165, 1.54) is 0 Å². The number of aliphatic hydroxyl groups is 4. The van der Waals surface area contributed by atoms with E-state index in [4.69, 9.17) is 15.3 Å². The fourth-order valence-corrected chi connectivity index (χ4v) is 1.28. The highest BCUT2D eigenvalue weighted by Gasteiger charge is 2.35. The SMILES string of the molecule is CCCC(CO)(CO)C(O)CO. The fourth-order valence-electron chi connectivity index (χ4n) is 1.28. The molecule has 0 spiro atoms. The van der Waals surface area contributed by atoms with Gasteiger partial charge in [0.15, 0.2) is 0 Å². The van der Waals surface area contributed by atoms with Gasteiger partial charge in [-0.05, 0) is 6.42 Å². The number of hydrogen-bond acceptors (Lipinski definition) is 4. The summed E-state index contributed by atoms with van der Waals surface area (Å²) in [5.41, 5.74) is -0.941. The van der Waals surface area contributed by atoms with Crippen LogP contribution in [0.2, 0.25) is 0 Å². The van der Waals surface area contributed by atoms with Crippen molar-refractivity contribution in [1.82, 2.24) is 0 Å². The van der Waals surface area contributed by atoms with E-state index >= 15 is 0 Å². The molecule has 0 aliphatic rings. The topological polar surface area (TPSA) is 80.9 Å². The quantitative estimate of drug-likeness (QED) is 0.425. The van der Waals surface area contributed by atoms with Crippen molar-refractivity contribution in [3.05, 3.63) is 0 Å². The van der Waals surface area contributed by atoms with Crippen LogP contribution in [0, 0.1) is 5.41 Å². The lowest BCUT2D eigenvalue weighted by molar-refractivity contribution is -0.0797. The van der Waals surface area contributed by atoms with Crippen LogP contribution in [0.3, 0.4) is 0 Å². The maximum Gasteiger partial charge on any atom is 0.0870 e. The second-order valence-corrected chi connectivity index (χ2v) is 3.13. The second kappa shape index (κ2) is 5.48. The maximum absolute atomic E-state index is 9.33. The molecule has 74 valence electrons. The van der Waals surface area contributed by atoms with E-state index in [1.54, 1.807) is 0 Å². The normalized spacial score (nSPS) is 14.8. The standard InChI is InChI=1S/C8H18O4/c1-2-3-8(5-10,6-11)7(12)4-9/h7,9-12H,2-6H2,1H3. The van der Waals surface area contributed by atoms with Crippen molar-refractivity contribution in [3.63, 3.8) is 0 Å². The second-order valence-electron chi connectivity index (χ2n) is 3.13. The summed E-state index contributed by atoms with van der Waals surface area (Å²) in [7, 11) is 0. The third kappa shape index (κ3) is 2.42. The molecule has 4 N–H and O–H groups in total. The zero-order valence-electron chi connectivity index (χ0n) is 7.40. The fraction of sp³-hybridized carbons (Fsp3) is 1.00. The zero-order valence-corrected chi connectivity index (χ0v) is 7.40. The van der Waals surface area contributed by atoms with Crippen LogP contribution in [0.15, 0.2) is 0 Å². The zero-order chi connectivity index (χ0) is 9.61. The van der Waals surface area contributed by atoms with Crippen molar-refractivity contribution in [2.75, 3.05) is 19.8 Å². The van der Waals surface area contributed by atoms with Gasteiger partial charge in [0.05, 0.1) is 25.9 Å². The van der Waals surface area contributed by atoms with Gasteiger partial charge in [0.25, 0.3) is 0 Å². The average Bonchev–Trinajstić information content (AvgIpc) is 2.13. The highest BCUT2D eigenvalue weighted by Crippen LogP contribution is 2.26. The molecule has 1 atom stereocenters. The van der Waals surface area contributed by atoms with Crippen LogP contribution in [-0.4, -0.2) is 46.4 Å². The Labute approximate surface area is 72.5 Å². The summed E-state index contributed by atoms with van der Waals surface area (Å²) in [6.07, 6.45) is 0.201. The summed E-state index contributed by atoms with van der Waals surface area (Å²) in [6.45, 7) is 0.851. The molecular formula is C8H18O4. The van der Waals surface area contributed by atoms with E-state index in [1.807, 2.05) is 6.92 Å². The first-order valence-electron chi connectivity index (χ1n) is 4.17. The van der Waals surface area contributed by atoms with E-state index in [0.29, 0.717) is 6.42 Å². The van der Waals surface area contributed by atoms with Crippen LogP contribution in [0.25, 0.3) is 0 Å². The highest BCUT2D eigenvalue weighted by molar-refractivity contribution is 4.84. The molecule has 0 aliphatic heterocycles. The van der Waals surface area contributed by atoms with Gasteiger partial charge in [-0.15, -0.1) is 0 Å². The summed E-state index contributed by atoms with van der Waals surface area (Å²) < 4.78 is 0. The lowest BCUT2D eigenvalue weighted by Gasteiger charge is -2.33. The Kier molecular flexibility index (Phi) is 5.41. The van der Waals surface area contributed by atoms with E-state index in [9.17, 15) is 5.11 Å². The molecule has 0 heterocycles. The molecule has 0 saturated carbocycles. The predicted molar refractivity (Wildman–Crippen MR) is 44.6 cm³/mol. The molecule has 0 amide bonds. The van der Waals surface area contributed by atoms with Crippen molar-refractivity contribution in [3.8, 4) is 0 Å². The van der Waals surface area contributed by atoms with Gasteiger partial charge in [0, 0.05) is 5.41 Å². The van der Waals surface area contributed by atoms with Crippen LogP contribution in [0.4, 0.5) is 0 Å². The minimum Gasteiger partial charge on any atom is -0.396 e. The van der Waals surface area contributed by atoms with Crippen molar-refractivity contribution >= 4 is 0 Å². The average molecular weight is 178 g/mol. The summed E-state index contributed by atoms with van der Waals surface area (Å²) in [5.74, 6) is 0. The van der Waals surface area contributed by atoms with Crippen LogP contribution >= 0.6 is 0 Å². The van der Waals surface area contributed by atoms with E-state index in [-0.39, 0.29) is 13.2 Å². The van der Waals surface area contributed by atoms with Crippen molar-refractivity contribution in [2.24, 2.45) is 5.41 Å². The number of rotatable bonds is 6. The Morgan fingerprint density at radius 3 is 1.92 bits per heavy atom. The highest BCUT2D eigenvalue weighted by atomic mass is 16.3. The van der Waals surface area contributed by atoms with Crippen LogP contribution in [0.1, 0.15) is 19.8 Å². The molecule has 4 heteroatoms. The molecule has 0 aromatic carbocycles. The first kappa shape index (κ1) is 11.8. The molecular weight excluding hydrogens is 160 g/mol. The molecule has 12 heavy (non-hydrogen) atoms. The van der Waals surface area contributed by atoms with Gasteiger partial charge in [-0.1, -0.05) is 13.3 Å². The molecule has 0 aliphatic carbocycles. The van der Waals surface area contributed by atoms with Gasteiger partial charge in [0.2, 0.25) is 0 Å². The molecule has 0 bridgehead atoms. The maximum atomic E-state index is 9.33. The van der Waals surface area contributed by atoms with Crippen molar-refractivity contribution < 1.29 is 20.4 Å². The monoisotopic (exact) mass is 178 g/mol. The smallest absolute Gasteiger partial charge is 0.0870 e. The van der Waals surface area contributed by atoms with E-state index < -0.39 is 18.1 Å². The summed E-state index contributed by atoms with van der Waals surface area (Å²) in [5, 5.41) is 36.0. The lowest BCUT2D eigenvalue weighted by Crippen LogP contribution is -2.43. The van der Waals surface area contributed by atoms with Crippen molar-refractivity contribution in [1.29, 1.82) is 0 Å². The minimum absolute atomic E-state index is 0.306. The largest absolute Gasteiger partial charge is 0.396 e. The van der Waals surface area contributed by atoms with Crippen LogP contribution in [-0.2, 0) is 0 Å². The van der Waals surface area contributed by atoms with Gasteiger partial charge < -0.3 is 20.4 Å². The number of aliphatic hydroxyl groups excluding tert-OH is 4. The Hall–Kier alpha value is -0.160. The van der Waals surface area contributed by atoms with Gasteiger partial charge >= 0.3 is 0 Å². The third-order valence-electron chi connectivity index (χ3n) is 2.26. The summed E-state index contributed by atoms with van der Waals surface area (Å²) in [6, 6.07) is 0. The predicted octanol–water partition coefficient (Wildman–Crippen LogP) is -0.889. The first-order chi connectivity index (χ1) is 5.66. The first-order valence-corrected chi connectivity index (χ1v) is 4.17. The van der Waals surface area contributed by atoms with Gasteiger partial charge in [-0.3, -0.25) is 0 Å². The number of hydrogen-bond donors (Lipinski definition) is 4.